The minimum absolute atomic E-state index is 0.304. The van der Waals surface area contributed by atoms with Gasteiger partial charge in [0.15, 0.2) is 11.5 Å². The maximum atomic E-state index is 6.04. The maximum Gasteiger partial charge on any atom is 0.223 e. The lowest BCUT2D eigenvalue weighted by molar-refractivity contribution is 0.102. The van der Waals surface area contributed by atoms with E-state index in [1.54, 1.807) is 0 Å². The molecule has 124 valence electrons. The number of hydrogen-bond acceptors (Lipinski definition) is 5. The van der Waals surface area contributed by atoms with E-state index in [9.17, 15) is 0 Å². The first-order valence-electron chi connectivity index (χ1n) is 7.99. The molecule has 0 saturated heterocycles. The van der Waals surface area contributed by atoms with Crippen LogP contribution in [0.25, 0.3) is 16.9 Å². The van der Waals surface area contributed by atoms with Crippen LogP contribution in [-0.4, -0.2) is 19.6 Å². The molecular formula is C19H17N5O. The van der Waals surface area contributed by atoms with Gasteiger partial charge in [0.05, 0.1) is 12.3 Å². The van der Waals surface area contributed by atoms with Gasteiger partial charge in [-0.25, -0.2) is 9.97 Å². The van der Waals surface area contributed by atoms with E-state index in [-0.39, 0.29) is 0 Å². The highest BCUT2D eigenvalue weighted by Crippen LogP contribution is 2.19. The molecule has 4 aromatic rings. The number of benzene rings is 2. The first-order chi connectivity index (χ1) is 12.3. The number of hydrogen-bond donors (Lipinski definition) is 1. The van der Waals surface area contributed by atoms with Gasteiger partial charge in [-0.2, -0.15) is 4.52 Å². The molecule has 2 heterocycles. The summed E-state index contributed by atoms with van der Waals surface area (Å²) in [6.07, 6.45) is 0. The molecule has 0 aliphatic rings. The molecule has 2 aromatic heterocycles. The number of fused-ring (bicyclic) bond motifs is 1. The summed E-state index contributed by atoms with van der Waals surface area (Å²) in [5, 5.41) is 4.37. The average molecular weight is 331 g/mol. The SMILES string of the molecule is Nc1nc(-c2ccccc2)cc2nc(COCc3ccccc3)nn12. The Balaban J connectivity index is 1.54. The smallest absolute Gasteiger partial charge is 0.223 e. The molecule has 0 fully saturated rings. The maximum absolute atomic E-state index is 6.04. The van der Waals surface area contributed by atoms with Crippen molar-refractivity contribution in [3.8, 4) is 11.3 Å². The van der Waals surface area contributed by atoms with Gasteiger partial charge in [-0.15, -0.1) is 5.10 Å². The summed E-state index contributed by atoms with van der Waals surface area (Å²) in [5.74, 6) is 0.882. The van der Waals surface area contributed by atoms with Crippen molar-refractivity contribution in [2.45, 2.75) is 13.2 Å². The van der Waals surface area contributed by atoms with E-state index in [1.165, 1.54) is 4.52 Å². The van der Waals surface area contributed by atoms with Crippen molar-refractivity contribution in [3.05, 3.63) is 78.1 Å². The Kier molecular flexibility index (Phi) is 4.10. The second-order valence-corrected chi connectivity index (χ2v) is 5.64. The van der Waals surface area contributed by atoms with Crippen LogP contribution in [0.2, 0.25) is 0 Å². The van der Waals surface area contributed by atoms with E-state index in [0.717, 1.165) is 16.8 Å². The number of anilines is 1. The van der Waals surface area contributed by atoms with E-state index in [1.807, 2.05) is 66.7 Å². The van der Waals surface area contributed by atoms with Crippen LogP contribution in [0, 0.1) is 0 Å². The lowest BCUT2D eigenvalue weighted by Crippen LogP contribution is -2.03. The Morgan fingerprint density at radius 2 is 1.60 bits per heavy atom. The van der Waals surface area contributed by atoms with Gasteiger partial charge < -0.3 is 10.5 Å². The molecule has 6 heteroatoms. The molecule has 0 spiro atoms. The molecule has 0 bridgehead atoms. The molecule has 0 amide bonds. The van der Waals surface area contributed by atoms with E-state index in [0.29, 0.717) is 30.6 Å². The highest BCUT2D eigenvalue weighted by Gasteiger charge is 2.10. The van der Waals surface area contributed by atoms with Gasteiger partial charge in [-0.1, -0.05) is 60.7 Å². The molecule has 0 unspecified atom stereocenters. The normalized spacial score (nSPS) is 11.0. The molecule has 0 aliphatic carbocycles. The summed E-state index contributed by atoms with van der Waals surface area (Å²) in [6, 6.07) is 21.7. The predicted molar refractivity (Wildman–Crippen MR) is 95.6 cm³/mol. The largest absolute Gasteiger partial charge is 0.369 e. The van der Waals surface area contributed by atoms with Gasteiger partial charge in [-0.05, 0) is 5.56 Å². The fourth-order valence-corrected chi connectivity index (χ4v) is 2.61. The number of nitrogen functional groups attached to an aromatic ring is 1. The van der Waals surface area contributed by atoms with Crippen molar-refractivity contribution in [3.63, 3.8) is 0 Å². The van der Waals surface area contributed by atoms with Crippen molar-refractivity contribution >= 4 is 11.6 Å². The molecule has 4 rings (SSSR count). The molecule has 0 aliphatic heterocycles. The van der Waals surface area contributed by atoms with Gasteiger partial charge in [0, 0.05) is 11.6 Å². The molecular weight excluding hydrogens is 314 g/mol. The molecule has 6 nitrogen and oxygen atoms in total. The van der Waals surface area contributed by atoms with Gasteiger partial charge in [0.1, 0.15) is 6.61 Å². The van der Waals surface area contributed by atoms with Gasteiger partial charge >= 0.3 is 0 Å². The zero-order valence-electron chi connectivity index (χ0n) is 13.5. The quantitative estimate of drug-likeness (QED) is 0.608. The van der Waals surface area contributed by atoms with Gasteiger partial charge in [0.25, 0.3) is 0 Å². The Bertz CT molecular complexity index is 983. The van der Waals surface area contributed by atoms with Crippen molar-refractivity contribution in [1.82, 2.24) is 19.6 Å². The molecule has 25 heavy (non-hydrogen) atoms. The van der Waals surface area contributed by atoms with Gasteiger partial charge in [-0.3, -0.25) is 0 Å². The number of ether oxygens (including phenoxy) is 1. The monoisotopic (exact) mass is 331 g/mol. The first-order valence-corrected chi connectivity index (χ1v) is 7.99. The summed E-state index contributed by atoms with van der Waals surface area (Å²) >= 11 is 0. The zero-order chi connectivity index (χ0) is 17.1. The van der Waals surface area contributed by atoms with E-state index in [4.69, 9.17) is 10.5 Å². The highest BCUT2D eigenvalue weighted by molar-refractivity contribution is 5.65. The van der Waals surface area contributed by atoms with Crippen LogP contribution < -0.4 is 5.73 Å². The number of nitrogens with zero attached hydrogens (tertiary/aromatic N) is 4. The summed E-state index contributed by atoms with van der Waals surface area (Å²) in [4.78, 5) is 8.91. The molecule has 0 atom stereocenters. The fraction of sp³-hybridized carbons (Fsp3) is 0.105. The third-order valence-electron chi connectivity index (χ3n) is 3.81. The van der Waals surface area contributed by atoms with Crippen LogP contribution in [-0.2, 0) is 18.0 Å². The second kappa shape index (κ2) is 6.70. The predicted octanol–water partition coefficient (Wildman–Crippen LogP) is 3.09. The Hall–Kier alpha value is -3.25. The zero-order valence-corrected chi connectivity index (χ0v) is 13.5. The molecule has 0 radical (unpaired) electrons. The van der Waals surface area contributed by atoms with Crippen molar-refractivity contribution in [2.75, 3.05) is 5.73 Å². The van der Waals surface area contributed by atoms with Gasteiger partial charge in [0.2, 0.25) is 5.95 Å². The molecule has 2 N–H and O–H groups in total. The lowest BCUT2D eigenvalue weighted by Gasteiger charge is -2.03. The second-order valence-electron chi connectivity index (χ2n) is 5.64. The standard InChI is InChI=1S/C19H17N5O/c20-19-21-16(15-9-5-2-6-10-15)11-18-22-17(23-24(18)19)13-25-12-14-7-3-1-4-8-14/h1-11H,12-13H2,(H2,20,21). The van der Waals surface area contributed by atoms with Crippen LogP contribution in [0.3, 0.4) is 0 Å². The number of rotatable bonds is 5. The van der Waals surface area contributed by atoms with E-state index in [2.05, 4.69) is 15.1 Å². The number of nitrogens with two attached hydrogens (primary N) is 1. The third-order valence-corrected chi connectivity index (χ3v) is 3.81. The first kappa shape index (κ1) is 15.3. The van der Waals surface area contributed by atoms with Crippen LogP contribution in [0.5, 0.6) is 0 Å². The minimum Gasteiger partial charge on any atom is -0.369 e. The van der Waals surface area contributed by atoms with Crippen molar-refractivity contribution in [2.24, 2.45) is 0 Å². The van der Waals surface area contributed by atoms with E-state index >= 15 is 0 Å². The van der Waals surface area contributed by atoms with Crippen LogP contribution in [0.4, 0.5) is 5.95 Å². The van der Waals surface area contributed by atoms with Crippen LogP contribution >= 0.6 is 0 Å². The van der Waals surface area contributed by atoms with E-state index < -0.39 is 0 Å². The fourth-order valence-electron chi connectivity index (χ4n) is 2.61. The van der Waals surface area contributed by atoms with Crippen LogP contribution in [0.15, 0.2) is 66.7 Å². The Labute approximate surface area is 144 Å². The Morgan fingerprint density at radius 3 is 2.36 bits per heavy atom. The highest BCUT2D eigenvalue weighted by atomic mass is 16.5. The lowest BCUT2D eigenvalue weighted by atomic mass is 10.1. The minimum atomic E-state index is 0.304. The summed E-state index contributed by atoms with van der Waals surface area (Å²) in [5.41, 5.74) is 9.56. The summed E-state index contributed by atoms with van der Waals surface area (Å²) in [7, 11) is 0. The third kappa shape index (κ3) is 3.34. The van der Waals surface area contributed by atoms with Crippen molar-refractivity contribution in [1.29, 1.82) is 0 Å². The number of aromatic nitrogens is 4. The Morgan fingerprint density at radius 1 is 0.880 bits per heavy atom. The topological polar surface area (TPSA) is 78.3 Å². The molecule has 2 aromatic carbocycles. The average Bonchev–Trinajstić information content (AvgIpc) is 3.07. The summed E-state index contributed by atoms with van der Waals surface area (Å²) in [6.45, 7) is 0.829. The summed E-state index contributed by atoms with van der Waals surface area (Å²) < 4.78 is 7.23. The van der Waals surface area contributed by atoms with Crippen LogP contribution in [0.1, 0.15) is 11.4 Å². The molecule has 0 saturated carbocycles. The van der Waals surface area contributed by atoms with Crippen molar-refractivity contribution < 1.29 is 4.74 Å².